The first-order chi connectivity index (χ1) is 15.7. The number of anilines is 3. The Hall–Kier alpha value is -4.46. The molecule has 1 aliphatic heterocycles. The molecule has 3 heterocycles. The number of rotatable bonds is 5. The van der Waals surface area contributed by atoms with Crippen LogP contribution in [0.4, 0.5) is 17.3 Å². The number of amides is 2. The van der Waals surface area contributed by atoms with Crippen LogP contribution in [0, 0.1) is 0 Å². The van der Waals surface area contributed by atoms with Gasteiger partial charge in [0.15, 0.2) is 0 Å². The molecule has 5 rings (SSSR count). The minimum atomic E-state index is -0.173. The van der Waals surface area contributed by atoms with Crippen molar-refractivity contribution in [1.82, 2.24) is 15.3 Å². The van der Waals surface area contributed by atoms with Crippen molar-refractivity contribution in [1.29, 1.82) is 0 Å². The third-order valence-corrected chi connectivity index (χ3v) is 5.11. The predicted molar refractivity (Wildman–Crippen MR) is 119 cm³/mol. The molecule has 0 bridgehead atoms. The summed E-state index contributed by atoms with van der Waals surface area (Å²) in [6.07, 6.45) is 5.05. The molecule has 2 amide bonds. The van der Waals surface area contributed by atoms with Gasteiger partial charge in [0.25, 0.3) is 5.91 Å². The number of carbonyl (C=O) groups excluding carboxylic acids is 2. The molecule has 8 nitrogen and oxygen atoms in total. The lowest BCUT2D eigenvalue weighted by atomic mass is 10.1. The number of nitrogens with one attached hydrogen (secondary N) is 3. The zero-order valence-corrected chi connectivity index (χ0v) is 17.0. The molecule has 1 aliphatic rings. The molecule has 4 aromatic rings. The number of aromatic nitrogens is 2. The van der Waals surface area contributed by atoms with Crippen LogP contribution in [-0.2, 0) is 17.8 Å². The van der Waals surface area contributed by atoms with Gasteiger partial charge in [-0.15, -0.1) is 0 Å². The number of hydrogen-bond donors (Lipinski definition) is 3. The SMILES string of the molecule is O=C1Cc2cnc(Nc3ccc(C(=O)NCc4ccoc4)cc3)nc2-c2ccccc2N1. The number of benzene rings is 2. The van der Waals surface area contributed by atoms with Gasteiger partial charge in [0, 0.05) is 40.7 Å². The van der Waals surface area contributed by atoms with Gasteiger partial charge in [-0.25, -0.2) is 9.97 Å². The van der Waals surface area contributed by atoms with E-state index >= 15 is 0 Å². The zero-order valence-electron chi connectivity index (χ0n) is 17.0. The highest BCUT2D eigenvalue weighted by Gasteiger charge is 2.20. The Morgan fingerprint density at radius 3 is 2.75 bits per heavy atom. The summed E-state index contributed by atoms with van der Waals surface area (Å²) in [5.41, 5.74) is 5.24. The fourth-order valence-corrected chi connectivity index (χ4v) is 3.51. The van der Waals surface area contributed by atoms with E-state index in [1.54, 1.807) is 49.1 Å². The average molecular weight is 425 g/mol. The van der Waals surface area contributed by atoms with E-state index < -0.39 is 0 Å². The van der Waals surface area contributed by atoms with Gasteiger partial charge < -0.3 is 20.4 Å². The Morgan fingerprint density at radius 1 is 1.09 bits per heavy atom. The quantitative estimate of drug-likeness (QED) is 0.447. The molecule has 0 saturated heterocycles. The molecule has 0 saturated carbocycles. The van der Waals surface area contributed by atoms with E-state index in [4.69, 9.17) is 4.42 Å². The van der Waals surface area contributed by atoms with Crippen LogP contribution in [0.1, 0.15) is 21.5 Å². The second kappa shape index (κ2) is 8.35. The molecule has 0 unspecified atom stereocenters. The Labute approximate surface area is 183 Å². The molecule has 0 spiro atoms. The number of fused-ring (bicyclic) bond motifs is 3. The van der Waals surface area contributed by atoms with Crippen LogP contribution in [0.25, 0.3) is 11.3 Å². The summed E-state index contributed by atoms with van der Waals surface area (Å²) in [4.78, 5) is 33.5. The van der Waals surface area contributed by atoms with E-state index in [0.29, 0.717) is 23.8 Å². The molecular weight excluding hydrogens is 406 g/mol. The van der Waals surface area contributed by atoms with Crippen molar-refractivity contribution in [3.05, 3.63) is 90.0 Å². The molecule has 0 atom stereocenters. The van der Waals surface area contributed by atoms with Crippen molar-refractivity contribution in [2.24, 2.45) is 0 Å². The van der Waals surface area contributed by atoms with Gasteiger partial charge in [0.05, 0.1) is 30.3 Å². The van der Waals surface area contributed by atoms with E-state index in [1.165, 1.54) is 0 Å². The van der Waals surface area contributed by atoms with Crippen LogP contribution in [0.5, 0.6) is 0 Å². The van der Waals surface area contributed by atoms with Crippen LogP contribution in [-0.4, -0.2) is 21.8 Å². The molecular formula is C24H19N5O3. The fraction of sp³-hybridized carbons (Fsp3) is 0.0833. The summed E-state index contributed by atoms with van der Waals surface area (Å²) in [7, 11) is 0. The maximum absolute atomic E-state index is 12.3. The Bertz CT molecular complexity index is 1280. The normalized spacial score (nSPS) is 12.2. The monoisotopic (exact) mass is 425 g/mol. The lowest BCUT2D eigenvalue weighted by Crippen LogP contribution is -2.22. The smallest absolute Gasteiger partial charge is 0.251 e. The molecule has 0 fully saturated rings. The molecule has 158 valence electrons. The summed E-state index contributed by atoms with van der Waals surface area (Å²) < 4.78 is 5.00. The predicted octanol–water partition coefficient (Wildman–Crippen LogP) is 3.90. The van der Waals surface area contributed by atoms with E-state index in [2.05, 4.69) is 25.9 Å². The number of carbonyl (C=O) groups is 2. The first-order valence-corrected chi connectivity index (χ1v) is 10.1. The molecule has 0 radical (unpaired) electrons. The van der Waals surface area contributed by atoms with Crippen molar-refractivity contribution in [2.75, 3.05) is 10.6 Å². The highest BCUT2D eigenvalue weighted by Crippen LogP contribution is 2.32. The third-order valence-electron chi connectivity index (χ3n) is 5.11. The van der Waals surface area contributed by atoms with Crippen molar-refractivity contribution < 1.29 is 14.0 Å². The van der Waals surface area contributed by atoms with Gasteiger partial charge in [-0.05, 0) is 36.4 Å². The van der Waals surface area contributed by atoms with E-state index in [1.807, 2.05) is 24.3 Å². The van der Waals surface area contributed by atoms with E-state index in [-0.39, 0.29) is 18.2 Å². The van der Waals surface area contributed by atoms with Crippen molar-refractivity contribution in [3.8, 4) is 11.3 Å². The van der Waals surface area contributed by atoms with Crippen LogP contribution in [0.2, 0.25) is 0 Å². The van der Waals surface area contributed by atoms with Crippen molar-refractivity contribution in [3.63, 3.8) is 0 Å². The zero-order chi connectivity index (χ0) is 21.9. The topological polar surface area (TPSA) is 109 Å². The van der Waals surface area contributed by atoms with E-state index in [0.717, 1.165) is 28.1 Å². The fourth-order valence-electron chi connectivity index (χ4n) is 3.51. The lowest BCUT2D eigenvalue weighted by molar-refractivity contribution is -0.115. The van der Waals surface area contributed by atoms with Gasteiger partial charge >= 0.3 is 0 Å². The molecule has 32 heavy (non-hydrogen) atoms. The van der Waals surface area contributed by atoms with Crippen molar-refractivity contribution in [2.45, 2.75) is 13.0 Å². The molecule has 3 N–H and O–H groups in total. The second-order valence-corrected chi connectivity index (χ2v) is 7.35. The summed E-state index contributed by atoms with van der Waals surface area (Å²) in [5, 5.41) is 8.92. The van der Waals surface area contributed by atoms with Gasteiger partial charge in [0.1, 0.15) is 0 Å². The van der Waals surface area contributed by atoms with Gasteiger partial charge in [-0.1, -0.05) is 18.2 Å². The summed E-state index contributed by atoms with van der Waals surface area (Å²) in [5.74, 6) is 0.139. The summed E-state index contributed by atoms with van der Waals surface area (Å²) >= 11 is 0. The number of para-hydroxylation sites is 1. The Kier molecular flexibility index (Phi) is 5.09. The lowest BCUT2D eigenvalue weighted by Gasteiger charge is -2.11. The van der Waals surface area contributed by atoms with Crippen LogP contribution in [0.15, 0.2) is 77.7 Å². The highest BCUT2D eigenvalue weighted by atomic mass is 16.3. The average Bonchev–Trinajstić information content (AvgIpc) is 3.28. The minimum Gasteiger partial charge on any atom is -0.472 e. The molecule has 8 heteroatoms. The van der Waals surface area contributed by atoms with E-state index in [9.17, 15) is 9.59 Å². The van der Waals surface area contributed by atoms with Gasteiger partial charge in [-0.3, -0.25) is 9.59 Å². The molecule has 0 aliphatic carbocycles. The highest BCUT2D eigenvalue weighted by molar-refractivity contribution is 6.00. The summed E-state index contributed by atoms with van der Waals surface area (Å²) in [6, 6.07) is 16.4. The summed E-state index contributed by atoms with van der Waals surface area (Å²) in [6.45, 7) is 0.400. The van der Waals surface area contributed by atoms with Crippen LogP contribution < -0.4 is 16.0 Å². The molecule has 2 aromatic heterocycles. The molecule has 2 aromatic carbocycles. The van der Waals surface area contributed by atoms with Crippen molar-refractivity contribution >= 4 is 29.1 Å². The standard InChI is InChI=1S/C24H19N5O3/c30-21-11-17-13-26-24(29-22(17)19-3-1-2-4-20(19)28-21)27-18-7-5-16(6-8-18)23(31)25-12-15-9-10-32-14-15/h1-10,13-14H,11-12H2,(H,25,31)(H,28,30)(H,26,27,29). The number of furan rings is 1. The largest absolute Gasteiger partial charge is 0.472 e. The number of hydrogen-bond acceptors (Lipinski definition) is 6. The Balaban J connectivity index is 1.33. The first-order valence-electron chi connectivity index (χ1n) is 10.1. The maximum atomic E-state index is 12.3. The first kappa shape index (κ1) is 19.5. The van der Waals surface area contributed by atoms with Crippen LogP contribution >= 0.6 is 0 Å². The third kappa shape index (κ3) is 4.06. The second-order valence-electron chi connectivity index (χ2n) is 7.35. The number of nitrogens with zero attached hydrogens (tertiary/aromatic N) is 2. The van der Waals surface area contributed by atoms with Gasteiger partial charge in [0.2, 0.25) is 11.9 Å². The van der Waals surface area contributed by atoms with Gasteiger partial charge in [-0.2, -0.15) is 0 Å². The Morgan fingerprint density at radius 2 is 1.94 bits per heavy atom. The van der Waals surface area contributed by atoms with Crippen LogP contribution in [0.3, 0.4) is 0 Å². The maximum Gasteiger partial charge on any atom is 0.251 e. The minimum absolute atomic E-state index is 0.0952.